The Labute approximate surface area is 194 Å². The van der Waals surface area contributed by atoms with Gasteiger partial charge in [0.25, 0.3) is 0 Å². The number of hydrogen-bond donors (Lipinski definition) is 1. The van der Waals surface area contributed by atoms with Gasteiger partial charge in [0.1, 0.15) is 6.04 Å². The number of carbonyl (C=O) groups excluding carboxylic acids is 1. The molecule has 0 saturated carbocycles. The Hall–Kier alpha value is -1.76. The maximum Gasteiger partial charge on any atom is 0.244 e. The van der Waals surface area contributed by atoms with Gasteiger partial charge in [0, 0.05) is 10.0 Å². The van der Waals surface area contributed by atoms with Gasteiger partial charge in [0.15, 0.2) is 0 Å². The molecule has 0 bridgehead atoms. The highest BCUT2D eigenvalue weighted by atomic mass is 35.5. The van der Waals surface area contributed by atoms with Crippen molar-refractivity contribution in [3.8, 4) is 0 Å². The van der Waals surface area contributed by atoms with Crippen molar-refractivity contribution in [2.24, 2.45) is 0 Å². The van der Waals surface area contributed by atoms with Gasteiger partial charge in [-0.2, -0.15) is 0 Å². The van der Waals surface area contributed by atoms with E-state index in [2.05, 4.69) is 23.5 Å². The van der Waals surface area contributed by atoms with E-state index in [0.717, 1.165) is 29.0 Å². The minimum absolute atomic E-state index is 0.202. The second-order valence-corrected chi connectivity index (χ2v) is 10.8. The molecule has 168 valence electrons. The first-order valence-corrected chi connectivity index (χ1v) is 13.1. The van der Waals surface area contributed by atoms with E-state index in [-0.39, 0.29) is 17.6 Å². The Morgan fingerprint density at radius 1 is 1.06 bits per heavy atom. The van der Waals surface area contributed by atoms with Crippen LogP contribution in [0.15, 0.2) is 36.4 Å². The summed E-state index contributed by atoms with van der Waals surface area (Å²) in [5.41, 5.74) is 4.02. The second-order valence-electron chi connectivity index (χ2n) is 8.07. The fraction of sp³-hybridized carbons (Fsp3) is 0.435. The van der Waals surface area contributed by atoms with Crippen LogP contribution >= 0.6 is 23.2 Å². The summed E-state index contributed by atoms with van der Waals surface area (Å²) in [6.07, 6.45) is 6.31. The molecule has 3 rings (SSSR count). The van der Waals surface area contributed by atoms with E-state index >= 15 is 0 Å². The van der Waals surface area contributed by atoms with E-state index < -0.39 is 16.1 Å². The molecule has 2 atom stereocenters. The van der Waals surface area contributed by atoms with Gasteiger partial charge in [-0.05, 0) is 73.9 Å². The van der Waals surface area contributed by atoms with Gasteiger partial charge in [0.2, 0.25) is 15.9 Å². The van der Waals surface area contributed by atoms with E-state index in [1.54, 1.807) is 6.92 Å². The van der Waals surface area contributed by atoms with Crippen LogP contribution in [0.3, 0.4) is 0 Å². The first kappa shape index (κ1) is 23.9. The van der Waals surface area contributed by atoms with E-state index in [1.807, 2.05) is 6.92 Å². The topological polar surface area (TPSA) is 66.5 Å². The molecule has 0 fully saturated rings. The SMILES string of the molecule is CC[C@H](NC(=O)[C@@H](C)N(c1cc(Cl)cc(Cl)c1)S(C)(=O)=O)c1ccc2c(c1)CCCC2. The predicted molar refractivity (Wildman–Crippen MR) is 128 cm³/mol. The van der Waals surface area contributed by atoms with Gasteiger partial charge in [-0.1, -0.05) is 48.3 Å². The third-order valence-electron chi connectivity index (χ3n) is 5.69. The number of amides is 1. The monoisotopic (exact) mass is 482 g/mol. The predicted octanol–water partition coefficient (Wildman–Crippen LogP) is 5.29. The molecule has 1 amide bonds. The maximum absolute atomic E-state index is 13.1. The fourth-order valence-corrected chi connectivity index (χ4v) is 5.83. The van der Waals surface area contributed by atoms with Crippen LogP contribution in [-0.4, -0.2) is 26.6 Å². The highest BCUT2D eigenvalue weighted by Gasteiger charge is 2.31. The summed E-state index contributed by atoms with van der Waals surface area (Å²) in [5, 5.41) is 3.62. The van der Waals surface area contributed by atoms with Gasteiger partial charge < -0.3 is 5.32 Å². The number of rotatable bonds is 7. The Morgan fingerprint density at radius 3 is 2.26 bits per heavy atom. The minimum Gasteiger partial charge on any atom is -0.347 e. The molecule has 1 aliphatic rings. The summed E-state index contributed by atoms with van der Waals surface area (Å²) < 4.78 is 26.1. The largest absolute Gasteiger partial charge is 0.347 e. The zero-order valence-corrected chi connectivity index (χ0v) is 20.3. The Morgan fingerprint density at radius 2 is 1.68 bits per heavy atom. The fourth-order valence-electron chi connectivity index (χ4n) is 4.16. The second kappa shape index (κ2) is 9.80. The van der Waals surface area contributed by atoms with Crippen LogP contribution in [-0.2, 0) is 27.7 Å². The average Bonchev–Trinajstić information content (AvgIpc) is 2.69. The van der Waals surface area contributed by atoms with Gasteiger partial charge >= 0.3 is 0 Å². The van der Waals surface area contributed by atoms with Crippen molar-refractivity contribution in [2.45, 2.75) is 58.0 Å². The number of halogens is 2. The molecule has 8 heteroatoms. The quantitative estimate of drug-likeness (QED) is 0.582. The van der Waals surface area contributed by atoms with Crippen LogP contribution in [0, 0.1) is 0 Å². The summed E-state index contributed by atoms with van der Waals surface area (Å²) in [7, 11) is -3.76. The van der Waals surface area contributed by atoms with Crippen LogP contribution < -0.4 is 9.62 Å². The van der Waals surface area contributed by atoms with Gasteiger partial charge in [-0.3, -0.25) is 9.10 Å². The van der Waals surface area contributed by atoms with Crippen LogP contribution in [0.4, 0.5) is 5.69 Å². The first-order chi connectivity index (χ1) is 14.6. The van der Waals surface area contributed by atoms with E-state index in [0.29, 0.717) is 16.5 Å². The zero-order chi connectivity index (χ0) is 22.8. The molecule has 2 aromatic carbocycles. The van der Waals surface area contributed by atoms with Crippen molar-refractivity contribution in [1.29, 1.82) is 0 Å². The number of anilines is 1. The van der Waals surface area contributed by atoms with Gasteiger partial charge in [-0.15, -0.1) is 0 Å². The molecule has 1 aliphatic carbocycles. The molecule has 0 unspecified atom stereocenters. The Bertz CT molecular complexity index is 1050. The van der Waals surface area contributed by atoms with Crippen molar-refractivity contribution in [3.05, 3.63) is 63.1 Å². The molecule has 0 saturated heterocycles. The number of nitrogens with one attached hydrogen (secondary N) is 1. The Kier molecular flexibility index (Phi) is 7.55. The molecular formula is C23H28Cl2N2O3S. The summed E-state index contributed by atoms with van der Waals surface area (Å²) in [6.45, 7) is 3.56. The van der Waals surface area contributed by atoms with Crippen LogP contribution in [0.5, 0.6) is 0 Å². The molecule has 0 spiro atoms. The number of aryl methyl sites for hydroxylation is 2. The van der Waals surface area contributed by atoms with E-state index in [4.69, 9.17) is 23.2 Å². The lowest BCUT2D eigenvalue weighted by atomic mass is 9.88. The van der Waals surface area contributed by atoms with Crippen molar-refractivity contribution in [2.75, 3.05) is 10.6 Å². The van der Waals surface area contributed by atoms with Crippen molar-refractivity contribution in [1.82, 2.24) is 5.32 Å². The molecule has 2 aromatic rings. The zero-order valence-electron chi connectivity index (χ0n) is 18.0. The number of benzene rings is 2. The standard InChI is InChI=1S/C23H28Cl2N2O3S/c1-4-22(18-10-9-16-7-5-6-8-17(16)11-18)26-23(28)15(2)27(31(3,29)30)21-13-19(24)12-20(25)14-21/h9-15,22H,4-8H2,1-3H3,(H,26,28)/t15-,22+/m1/s1. The summed E-state index contributed by atoms with van der Waals surface area (Å²) >= 11 is 12.1. The lowest BCUT2D eigenvalue weighted by molar-refractivity contribution is -0.122. The Balaban J connectivity index is 1.85. The van der Waals surface area contributed by atoms with Crippen molar-refractivity contribution in [3.63, 3.8) is 0 Å². The smallest absolute Gasteiger partial charge is 0.244 e. The van der Waals surface area contributed by atoms with E-state index in [1.165, 1.54) is 42.2 Å². The van der Waals surface area contributed by atoms with E-state index in [9.17, 15) is 13.2 Å². The molecule has 1 N–H and O–H groups in total. The molecule has 5 nitrogen and oxygen atoms in total. The molecule has 0 aromatic heterocycles. The third-order valence-corrected chi connectivity index (χ3v) is 7.37. The molecule has 0 aliphatic heterocycles. The van der Waals surface area contributed by atoms with Gasteiger partial charge in [-0.25, -0.2) is 8.42 Å². The normalized spacial score (nSPS) is 15.6. The number of nitrogens with zero attached hydrogens (tertiary/aromatic N) is 1. The third kappa shape index (κ3) is 5.73. The van der Waals surface area contributed by atoms with Crippen molar-refractivity contribution < 1.29 is 13.2 Å². The number of fused-ring (bicyclic) bond motifs is 1. The number of carbonyl (C=O) groups is 1. The number of sulfonamides is 1. The molecule has 31 heavy (non-hydrogen) atoms. The molecule has 0 heterocycles. The number of hydrogen-bond acceptors (Lipinski definition) is 3. The van der Waals surface area contributed by atoms with Crippen molar-refractivity contribution >= 4 is 44.8 Å². The van der Waals surface area contributed by atoms with Crippen LogP contribution in [0.2, 0.25) is 10.0 Å². The highest BCUT2D eigenvalue weighted by molar-refractivity contribution is 7.92. The van der Waals surface area contributed by atoms with Crippen LogP contribution in [0.1, 0.15) is 55.8 Å². The molecule has 0 radical (unpaired) electrons. The maximum atomic E-state index is 13.1. The average molecular weight is 483 g/mol. The minimum atomic E-state index is -3.76. The summed E-state index contributed by atoms with van der Waals surface area (Å²) in [5.74, 6) is -0.383. The summed E-state index contributed by atoms with van der Waals surface area (Å²) in [6, 6.07) is 9.70. The van der Waals surface area contributed by atoms with Gasteiger partial charge in [0.05, 0.1) is 18.0 Å². The summed E-state index contributed by atoms with van der Waals surface area (Å²) in [4.78, 5) is 13.1. The molecular weight excluding hydrogens is 455 g/mol. The van der Waals surface area contributed by atoms with Crippen LogP contribution in [0.25, 0.3) is 0 Å². The lowest BCUT2D eigenvalue weighted by Gasteiger charge is -2.30. The first-order valence-electron chi connectivity index (χ1n) is 10.5. The highest BCUT2D eigenvalue weighted by Crippen LogP contribution is 2.30. The lowest BCUT2D eigenvalue weighted by Crippen LogP contribution is -2.48.